The van der Waals surface area contributed by atoms with E-state index in [1.54, 1.807) is 72.7 Å². The number of nitrogens with zero attached hydrogens (tertiary/aromatic N) is 2. The van der Waals surface area contributed by atoms with Gasteiger partial charge in [0.05, 0.1) is 19.2 Å². The van der Waals surface area contributed by atoms with Gasteiger partial charge in [-0.15, -0.1) is 0 Å². The van der Waals surface area contributed by atoms with Gasteiger partial charge in [0.1, 0.15) is 11.8 Å². The smallest absolute Gasteiger partial charge is 0.256 e. The number of anilines is 2. The van der Waals surface area contributed by atoms with E-state index in [2.05, 4.69) is 5.32 Å². The molecule has 1 saturated heterocycles. The standard InChI is InChI=1S/C25H21Cl2N3O3S/c1-33-21-12-10-20(11-13-21)30-24(32)22(14-23(31)28-19-8-6-18(27)7-9-19)29(25(30)34)15-16-2-4-17(26)5-3-16/h2-13,22H,14-15H2,1H3,(H,28,31)/t22-/m0/s1. The van der Waals surface area contributed by atoms with Crippen molar-refractivity contribution in [2.75, 3.05) is 17.3 Å². The first-order chi connectivity index (χ1) is 16.4. The van der Waals surface area contributed by atoms with E-state index < -0.39 is 6.04 Å². The van der Waals surface area contributed by atoms with Crippen LogP contribution in [0.5, 0.6) is 5.75 Å². The maximum Gasteiger partial charge on any atom is 0.256 e. The molecule has 1 fully saturated rings. The summed E-state index contributed by atoms with van der Waals surface area (Å²) in [6.07, 6.45) is -0.0676. The lowest BCUT2D eigenvalue weighted by atomic mass is 10.1. The first kappa shape index (κ1) is 24.0. The number of benzene rings is 3. The van der Waals surface area contributed by atoms with Crippen molar-refractivity contribution in [3.8, 4) is 5.75 Å². The van der Waals surface area contributed by atoms with Gasteiger partial charge in [-0.25, -0.2) is 0 Å². The average molecular weight is 514 g/mol. The minimum atomic E-state index is -0.766. The highest BCUT2D eigenvalue weighted by atomic mass is 35.5. The van der Waals surface area contributed by atoms with Gasteiger partial charge in [0, 0.05) is 22.3 Å². The molecule has 0 spiro atoms. The Balaban J connectivity index is 1.59. The molecule has 0 bridgehead atoms. The molecular weight excluding hydrogens is 493 g/mol. The number of hydrogen-bond donors (Lipinski definition) is 1. The van der Waals surface area contributed by atoms with Crippen molar-refractivity contribution in [2.24, 2.45) is 0 Å². The molecule has 3 aromatic rings. The zero-order valence-electron chi connectivity index (χ0n) is 18.2. The SMILES string of the molecule is COc1ccc(N2C(=O)[C@H](CC(=O)Nc3ccc(Cl)cc3)N(Cc3ccc(Cl)cc3)C2=S)cc1. The van der Waals surface area contributed by atoms with Gasteiger partial charge < -0.3 is 15.0 Å². The van der Waals surface area contributed by atoms with Gasteiger partial charge in [-0.1, -0.05) is 35.3 Å². The fourth-order valence-corrected chi connectivity index (χ4v) is 4.33. The molecule has 4 rings (SSSR count). The minimum Gasteiger partial charge on any atom is -0.497 e. The van der Waals surface area contributed by atoms with Gasteiger partial charge in [-0.05, 0) is 78.4 Å². The molecule has 174 valence electrons. The third kappa shape index (κ3) is 5.33. The van der Waals surface area contributed by atoms with Crippen LogP contribution in [0.15, 0.2) is 72.8 Å². The summed E-state index contributed by atoms with van der Waals surface area (Å²) in [7, 11) is 1.57. The third-order valence-corrected chi connectivity index (χ3v) is 6.34. The highest BCUT2D eigenvalue weighted by molar-refractivity contribution is 7.80. The van der Waals surface area contributed by atoms with Crippen LogP contribution in [-0.4, -0.2) is 35.0 Å². The van der Waals surface area contributed by atoms with Crippen LogP contribution in [0.3, 0.4) is 0 Å². The molecule has 1 N–H and O–H groups in total. The summed E-state index contributed by atoms with van der Waals surface area (Å²) < 4.78 is 5.21. The molecule has 0 radical (unpaired) electrons. The van der Waals surface area contributed by atoms with E-state index in [1.165, 1.54) is 4.90 Å². The highest BCUT2D eigenvalue weighted by Gasteiger charge is 2.44. The third-order valence-electron chi connectivity index (χ3n) is 5.42. The summed E-state index contributed by atoms with van der Waals surface area (Å²) in [5.41, 5.74) is 2.12. The molecule has 0 aromatic heterocycles. The second-order valence-electron chi connectivity index (χ2n) is 7.68. The second kappa shape index (κ2) is 10.4. The largest absolute Gasteiger partial charge is 0.497 e. The van der Waals surface area contributed by atoms with Crippen molar-refractivity contribution in [3.05, 3.63) is 88.4 Å². The molecule has 34 heavy (non-hydrogen) atoms. The van der Waals surface area contributed by atoms with Crippen LogP contribution in [0.1, 0.15) is 12.0 Å². The van der Waals surface area contributed by atoms with Crippen molar-refractivity contribution in [2.45, 2.75) is 19.0 Å². The Labute approximate surface area is 213 Å². The van der Waals surface area contributed by atoms with E-state index in [0.29, 0.717) is 38.8 Å². The quantitative estimate of drug-likeness (QED) is 0.420. The van der Waals surface area contributed by atoms with Crippen LogP contribution in [0, 0.1) is 0 Å². The molecule has 1 aliphatic rings. The van der Waals surface area contributed by atoms with Gasteiger partial charge in [0.25, 0.3) is 5.91 Å². The predicted molar refractivity (Wildman–Crippen MR) is 139 cm³/mol. The van der Waals surface area contributed by atoms with Crippen LogP contribution in [0.2, 0.25) is 10.0 Å². The van der Waals surface area contributed by atoms with Crippen molar-refractivity contribution in [1.82, 2.24) is 4.90 Å². The van der Waals surface area contributed by atoms with Crippen LogP contribution in [0.4, 0.5) is 11.4 Å². The number of methoxy groups -OCH3 is 1. The molecule has 0 aliphatic carbocycles. The van der Waals surface area contributed by atoms with E-state index in [1.807, 2.05) is 12.1 Å². The van der Waals surface area contributed by atoms with E-state index in [0.717, 1.165) is 5.56 Å². The Kier molecular flexibility index (Phi) is 7.36. The van der Waals surface area contributed by atoms with Crippen molar-refractivity contribution in [3.63, 3.8) is 0 Å². The molecule has 0 unspecified atom stereocenters. The number of rotatable bonds is 7. The molecule has 6 nitrogen and oxygen atoms in total. The number of amides is 2. The Morgan fingerprint density at radius 1 is 0.971 bits per heavy atom. The molecule has 9 heteroatoms. The van der Waals surface area contributed by atoms with Crippen LogP contribution in [0.25, 0.3) is 0 Å². The fraction of sp³-hybridized carbons (Fsp3) is 0.160. The molecule has 2 amide bonds. The summed E-state index contributed by atoms with van der Waals surface area (Å²) in [4.78, 5) is 29.6. The van der Waals surface area contributed by atoms with Crippen molar-refractivity contribution >= 4 is 63.7 Å². The normalized spacial score (nSPS) is 15.6. The van der Waals surface area contributed by atoms with Crippen LogP contribution in [-0.2, 0) is 16.1 Å². The number of halogens is 2. The summed E-state index contributed by atoms with van der Waals surface area (Å²) in [5.74, 6) is 0.0924. The monoisotopic (exact) mass is 513 g/mol. The van der Waals surface area contributed by atoms with Gasteiger partial charge in [-0.2, -0.15) is 0 Å². The Morgan fingerprint density at radius 2 is 1.56 bits per heavy atom. The average Bonchev–Trinajstić information content (AvgIpc) is 3.06. The van der Waals surface area contributed by atoms with Crippen molar-refractivity contribution < 1.29 is 14.3 Å². The van der Waals surface area contributed by atoms with Gasteiger partial charge in [-0.3, -0.25) is 14.5 Å². The summed E-state index contributed by atoms with van der Waals surface area (Å²) in [6.45, 7) is 0.354. The van der Waals surface area contributed by atoms with E-state index in [9.17, 15) is 9.59 Å². The zero-order chi connectivity index (χ0) is 24.2. The number of thiocarbonyl (C=S) groups is 1. The molecule has 3 aromatic carbocycles. The van der Waals surface area contributed by atoms with E-state index >= 15 is 0 Å². The van der Waals surface area contributed by atoms with Crippen LogP contribution >= 0.6 is 35.4 Å². The molecule has 1 aliphatic heterocycles. The summed E-state index contributed by atoms with van der Waals surface area (Å²) >= 11 is 17.6. The minimum absolute atomic E-state index is 0.0676. The topological polar surface area (TPSA) is 61.9 Å². The second-order valence-corrected chi connectivity index (χ2v) is 8.92. The van der Waals surface area contributed by atoms with Crippen LogP contribution < -0.4 is 15.0 Å². The Morgan fingerprint density at radius 3 is 2.15 bits per heavy atom. The van der Waals surface area contributed by atoms with Gasteiger partial charge in [0.15, 0.2) is 5.11 Å². The predicted octanol–water partition coefficient (Wildman–Crippen LogP) is 5.53. The van der Waals surface area contributed by atoms with Gasteiger partial charge in [0.2, 0.25) is 5.91 Å². The molecular formula is C25H21Cl2N3O3S. The first-order valence-corrected chi connectivity index (χ1v) is 11.6. The number of carbonyl (C=O) groups is 2. The lowest BCUT2D eigenvalue weighted by molar-refractivity contribution is -0.124. The molecule has 1 heterocycles. The first-order valence-electron chi connectivity index (χ1n) is 10.4. The molecule has 1 atom stereocenters. The summed E-state index contributed by atoms with van der Waals surface area (Å²) in [6, 6.07) is 20.4. The molecule has 0 saturated carbocycles. The lowest BCUT2D eigenvalue weighted by Gasteiger charge is -2.24. The number of carbonyl (C=O) groups excluding carboxylic acids is 2. The summed E-state index contributed by atoms with van der Waals surface area (Å²) in [5, 5.41) is 4.33. The maximum absolute atomic E-state index is 13.5. The lowest BCUT2D eigenvalue weighted by Crippen LogP contribution is -2.37. The van der Waals surface area contributed by atoms with Crippen molar-refractivity contribution in [1.29, 1.82) is 0 Å². The van der Waals surface area contributed by atoms with Gasteiger partial charge >= 0.3 is 0 Å². The Hall–Kier alpha value is -3.13. The maximum atomic E-state index is 13.5. The Bertz CT molecular complexity index is 1200. The van der Waals surface area contributed by atoms with E-state index in [-0.39, 0.29) is 18.2 Å². The highest BCUT2D eigenvalue weighted by Crippen LogP contribution is 2.30. The number of ether oxygens (including phenoxy) is 1. The number of nitrogens with one attached hydrogen (secondary N) is 1. The zero-order valence-corrected chi connectivity index (χ0v) is 20.5. The fourth-order valence-electron chi connectivity index (χ4n) is 3.69. The van der Waals surface area contributed by atoms with E-state index in [4.69, 9.17) is 40.2 Å². The number of hydrogen-bond acceptors (Lipinski definition) is 4.